The molecule has 0 unspecified atom stereocenters. The Morgan fingerprint density at radius 1 is 1.16 bits per heavy atom. The summed E-state index contributed by atoms with van der Waals surface area (Å²) in [4.78, 5) is 22.4. The second-order valence-corrected chi connectivity index (χ2v) is 6.06. The molecule has 6 heteroatoms. The third-order valence-corrected chi connectivity index (χ3v) is 2.76. The molecule has 2 N–H and O–H groups in total. The van der Waals surface area contributed by atoms with E-state index in [1.807, 2.05) is 20.8 Å². The van der Waals surface area contributed by atoms with E-state index in [0.29, 0.717) is 13.1 Å². The summed E-state index contributed by atoms with van der Waals surface area (Å²) in [5, 5.41) is 5.43. The van der Waals surface area contributed by atoms with Crippen molar-refractivity contribution in [3.8, 4) is 0 Å². The summed E-state index contributed by atoms with van der Waals surface area (Å²) >= 11 is 1.66. The van der Waals surface area contributed by atoms with E-state index in [2.05, 4.69) is 10.6 Å². The first-order valence-electron chi connectivity index (χ1n) is 6.30. The summed E-state index contributed by atoms with van der Waals surface area (Å²) in [7, 11) is 0. The molecule has 0 bridgehead atoms. The van der Waals surface area contributed by atoms with Crippen LogP contribution in [0, 0.1) is 0 Å². The number of thioether (sulfide) groups is 1. The molecule has 0 aliphatic carbocycles. The van der Waals surface area contributed by atoms with E-state index < -0.39 is 11.7 Å². The molecule has 0 radical (unpaired) electrons. The standard InChI is InChI=1S/C13H24N2O3S/c1-5-6-11(16)14-7-9-19-10-8-15-12(17)18-13(2,3)4/h5-6H,7-10H2,1-4H3,(H,14,16)(H,15,17). The fourth-order valence-corrected chi connectivity index (χ4v) is 1.80. The number of hydrogen-bond donors (Lipinski definition) is 2. The number of carbonyl (C=O) groups excluding carboxylic acids is 2. The number of allylic oxidation sites excluding steroid dienone is 1. The van der Waals surface area contributed by atoms with Crippen LogP contribution in [0.25, 0.3) is 0 Å². The molecule has 0 saturated heterocycles. The number of nitrogens with one attached hydrogen (secondary N) is 2. The van der Waals surface area contributed by atoms with E-state index in [4.69, 9.17) is 4.74 Å². The fraction of sp³-hybridized carbons (Fsp3) is 0.692. The Balaban J connectivity index is 3.41. The molecule has 0 aliphatic heterocycles. The average Bonchev–Trinajstić information content (AvgIpc) is 2.25. The Bertz CT molecular complexity index is 312. The van der Waals surface area contributed by atoms with E-state index >= 15 is 0 Å². The lowest BCUT2D eigenvalue weighted by Gasteiger charge is -2.19. The van der Waals surface area contributed by atoms with Crippen molar-refractivity contribution in [3.05, 3.63) is 12.2 Å². The second kappa shape index (κ2) is 9.72. The lowest BCUT2D eigenvalue weighted by Crippen LogP contribution is -2.33. The van der Waals surface area contributed by atoms with E-state index in [0.717, 1.165) is 11.5 Å². The highest BCUT2D eigenvalue weighted by Gasteiger charge is 2.15. The highest BCUT2D eigenvalue weighted by molar-refractivity contribution is 7.99. The third kappa shape index (κ3) is 13.1. The van der Waals surface area contributed by atoms with Gasteiger partial charge in [-0.3, -0.25) is 4.79 Å². The maximum Gasteiger partial charge on any atom is 0.407 e. The van der Waals surface area contributed by atoms with Gasteiger partial charge in [0.2, 0.25) is 5.91 Å². The molecule has 2 amide bonds. The molecule has 0 aromatic rings. The van der Waals surface area contributed by atoms with Crippen molar-refractivity contribution in [2.24, 2.45) is 0 Å². The Morgan fingerprint density at radius 2 is 1.74 bits per heavy atom. The van der Waals surface area contributed by atoms with Crippen LogP contribution in [-0.2, 0) is 9.53 Å². The number of amides is 2. The lowest BCUT2D eigenvalue weighted by atomic mass is 10.2. The van der Waals surface area contributed by atoms with E-state index in [1.54, 1.807) is 24.8 Å². The van der Waals surface area contributed by atoms with Crippen LogP contribution in [0.1, 0.15) is 27.7 Å². The van der Waals surface area contributed by atoms with Gasteiger partial charge in [-0.1, -0.05) is 6.08 Å². The number of alkyl carbamates (subject to hydrolysis) is 1. The van der Waals surface area contributed by atoms with Gasteiger partial charge in [-0.25, -0.2) is 4.79 Å². The van der Waals surface area contributed by atoms with Gasteiger partial charge in [-0.05, 0) is 33.8 Å². The zero-order chi connectivity index (χ0) is 14.7. The van der Waals surface area contributed by atoms with Crippen LogP contribution in [0.2, 0.25) is 0 Å². The quantitative estimate of drug-likeness (QED) is 0.555. The van der Waals surface area contributed by atoms with Crippen molar-refractivity contribution in [1.29, 1.82) is 0 Å². The number of rotatable bonds is 7. The minimum Gasteiger partial charge on any atom is -0.444 e. The van der Waals surface area contributed by atoms with Gasteiger partial charge in [-0.15, -0.1) is 0 Å². The van der Waals surface area contributed by atoms with Crippen molar-refractivity contribution in [2.45, 2.75) is 33.3 Å². The lowest BCUT2D eigenvalue weighted by molar-refractivity contribution is -0.116. The van der Waals surface area contributed by atoms with Gasteiger partial charge < -0.3 is 15.4 Å². The van der Waals surface area contributed by atoms with E-state index in [-0.39, 0.29) is 5.91 Å². The molecule has 0 saturated carbocycles. The van der Waals surface area contributed by atoms with Crippen molar-refractivity contribution in [1.82, 2.24) is 10.6 Å². The molecule has 0 rings (SSSR count). The summed E-state index contributed by atoms with van der Waals surface area (Å²) in [6, 6.07) is 0. The van der Waals surface area contributed by atoms with E-state index in [9.17, 15) is 9.59 Å². The smallest absolute Gasteiger partial charge is 0.407 e. The van der Waals surface area contributed by atoms with Crippen LogP contribution in [0.15, 0.2) is 12.2 Å². The summed E-state index contributed by atoms with van der Waals surface area (Å²) in [6.45, 7) is 8.47. The molecule has 5 nitrogen and oxygen atoms in total. The number of hydrogen-bond acceptors (Lipinski definition) is 4. The molecule has 0 aliphatic rings. The molecule has 110 valence electrons. The fourth-order valence-electron chi connectivity index (χ4n) is 1.10. The Kier molecular flexibility index (Phi) is 9.12. The van der Waals surface area contributed by atoms with Crippen LogP contribution in [0.4, 0.5) is 4.79 Å². The van der Waals surface area contributed by atoms with Crippen molar-refractivity contribution in [2.75, 3.05) is 24.6 Å². The van der Waals surface area contributed by atoms with Crippen molar-refractivity contribution >= 4 is 23.8 Å². The summed E-state index contributed by atoms with van der Waals surface area (Å²) in [5.41, 5.74) is -0.464. The Labute approximate surface area is 119 Å². The predicted molar refractivity (Wildman–Crippen MR) is 79.4 cm³/mol. The zero-order valence-electron chi connectivity index (χ0n) is 12.1. The largest absolute Gasteiger partial charge is 0.444 e. The van der Waals surface area contributed by atoms with Crippen LogP contribution < -0.4 is 10.6 Å². The molecular weight excluding hydrogens is 264 g/mol. The van der Waals surface area contributed by atoms with Gasteiger partial charge in [0.25, 0.3) is 0 Å². The molecule has 0 aromatic heterocycles. The summed E-state index contributed by atoms with van der Waals surface area (Å²) < 4.78 is 5.10. The van der Waals surface area contributed by atoms with Crippen LogP contribution in [0.3, 0.4) is 0 Å². The Morgan fingerprint density at radius 3 is 2.26 bits per heavy atom. The molecule has 0 aromatic carbocycles. The molecular formula is C13H24N2O3S. The minimum absolute atomic E-state index is 0.0741. The van der Waals surface area contributed by atoms with Gasteiger partial charge in [0.05, 0.1) is 0 Å². The van der Waals surface area contributed by atoms with E-state index in [1.165, 1.54) is 6.08 Å². The summed E-state index contributed by atoms with van der Waals surface area (Å²) in [6.07, 6.45) is 2.80. The first kappa shape index (κ1) is 17.8. The van der Waals surface area contributed by atoms with Gasteiger partial charge >= 0.3 is 6.09 Å². The van der Waals surface area contributed by atoms with Gasteiger partial charge in [0.1, 0.15) is 5.60 Å². The minimum atomic E-state index is -0.464. The number of carbonyl (C=O) groups is 2. The first-order valence-corrected chi connectivity index (χ1v) is 7.46. The maximum absolute atomic E-state index is 11.3. The number of ether oxygens (including phenoxy) is 1. The highest BCUT2D eigenvalue weighted by Crippen LogP contribution is 2.06. The molecule has 0 atom stereocenters. The van der Waals surface area contributed by atoms with Crippen LogP contribution in [-0.4, -0.2) is 42.2 Å². The monoisotopic (exact) mass is 288 g/mol. The van der Waals surface area contributed by atoms with Crippen molar-refractivity contribution < 1.29 is 14.3 Å². The molecule has 0 heterocycles. The highest BCUT2D eigenvalue weighted by atomic mass is 32.2. The SMILES string of the molecule is CC=CC(=O)NCCSCCNC(=O)OC(C)(C)C. The normalized spacial score (nSPS) is 11.4. The van der Waals surface area contributed by atoms with Gasteiger partial charge in [0, 0.05) is 24.6 Å². The van der Waals surface area contributed by atoms with Crippen LogP contribution >= 0.6 is 11.8 Å². The molecule has 0 spiro atoms. The topological polar surface area (TPSA) is 67.4 Å². The first-order chi connectivity index (χ1) is 8.85. The Hall–Kier alpha value is -1.17. The predicted octanol–water partition coefficient (Wildman–Crippen LogP) is 1.94. The van der Waals surface area contributed by atoms with Gasteiger partial charge in [-0.2, -0.15) is 11.8 Å². The average molecular weight is 288 g/mol. The molecule has 0 fully saturated rings. The third-order valence-electron chi connectivity index (χ3n) is 1.78. The molecule has 19 heavy (non-hydrogen) atoms. The summed E-state index contributed by atoms with van der Waals surface area (Å²) in [5.74, 6) is 1.54. The van der Waals surface area contributed by atoms with Crippen molar-refractivity contribution in [3.63, 3.8) is 0 Å². The van der Waals surface area contributed by atoms with Crippen LogP contribution in [0.5, 0.6) is 0 Å². The maximum atomic E-state index is 11.3. The second-order valence-electron chi connectivity index (χ2n) is 4.83. The van der Waals surface area contributed by atoms with Gasteiger partial charge in [0.15, 0.2) is 0 Å². The zero-order valence-corrected chi connectivity index (χ0v) is 12.9.